The molecule has 0 aromatic carbocycles. The van der Waals surface area contributed by atoms with E-state index in [0.29, 0.717) is 12.8 Å². The number of nitrogens with one attached hydrogen (secondary N) is 1. The summed E-state index contributed by atoms with van der Waals surface area (Å²) in [6.07, 6.45) is 1.60. The van der Waals surface area contributed by atoms with Crippen molar-refractivity contribution in [1.82, 2.24) is 10.3 Å². The quantitative estimate of drug-likeness (QED) is 0.317. The van der Waals surface area contributed by atoms with Crippen LogP contribution in [0, 0.1) is 0 Å². The molecule has 1 saturated heterocycles. The third-order valence-electron chi connectivity index (χ3n) is 2.21. The van der Waals surface area contributed by atoms with Crippen molar-refractivity contribution in [3.8, 4) is 0 Å². The minimum Gasteiger partial charge on any atom is -0.342 e. The Hall–Kier alpha value is -1.10. The van der Waals surface area contributed by atoms with Crippen molar-refractivity contribution in [3.63, 3.8) is 0 Å². The molecule has 0 bridgehead atoms. The molecule has 1 rings (SSSR count). The first-order valence-electron chi connectivity index (χ1n) is 3.90. The van der Waals surface area contributed by atoms with Gasteiger partial charge in [-0.15, -0.1) is 0 Å². The first-order chi connectivity index (χ1) is 5.65. The van der Waals surface area contributed by atoms with Gasteiger partial charge in [0, 0.05) is 25.9 Å². The number of carbonyl (C=O) groups is 2. The Morgan fingerprint density at radius 3 is 2.92 bits per heavy atom. The SMILES string of the molecule is CN1C(=O)CC[C@H]1CC(=O)NN. The van der Waals surface area contributed by atoms with Crippen molar-refractivity contribution in [3.05, 3.63) is 0 Å². The number of carbonyl (C=O) groups excluding carboxylic acids is 2. The van der Waals surface area contributed by atoms with E-state index in [1.54, 1.807) is 11.9 Å². The number of hydrazine groups is 1. The molecule has 3 N–H and O–H groups in total. The van der Waals surface area contributed by atoms with Crippen LogP contribution in [0.25, 0.3) is 0 Å². The van der Waals surface area contributed by atoms with E-state index in [1.165, 1.54) is 0 Å². The minimum atomic E-state index is -0.221. The second-order valence-corrected chi connectivity index (χ2v) is 2.97. The molecule has 2 amide bonds. The third kappa shape index (κ3) is 1.73. The van der Waals surface area contributed by atoms with E-state index in [0.717, 1.165) is 6.42 Å². The lowest BCUT2D eigenvalue weighted by molar-refractivity contribution is -0.128. The predicted octanol–water partition coefficient (Wildman–Crippen LogP) is -1.01. The molecule has 0 aromatic heterocycles. The van der Waals surface area contributed by atoms with Gasteiger partial charge in [0.15, 0.2) is 0 Å². The molecule has 0 radical (unpaired) electrons. The van der Waals surface area contributed by atoms with E-state index in [4.69, 9.17) is 5.84 Å². The van der Waals surface area contributed by atoms with Crippen LogP contribution in [0.2, 0.25) is 0 Å². The van der Waals surface area contributed by atoms with Crippen molar-refractivity contribution in [1.29, 1.82) is 0 Å². The minimum absolute atomic E-state index is 0.0287. The van der Waals surface area contributed by atoms with Gasteiger partial charge in [-0.1, -0.05) is 0 Å². The smallest absolute Gasteiger partial charge is 0.235 e. The predicted molar refractivity (Wildman–Crippen MR) is 42.7 cm³/mol. The van der Waals surface area contributed by atoms with Gasteiger partial charge in [-0.25, -0.2) is 5.84 Å². The number of nitrogens with zero attached hydrogens (tertiary/aromatic N) is 1. The number of rotatable bonds is 2. The summed E-state index contributed by atoms with van der Waals surface area (Å²) in [5, 5.41) is 0. The molecular formula is C7H13N3O2. The van der Waals surface area contributed by atoms with Crippen LogP contribution in [-0.2, 0) is 9.59 Å². The Bertz CT molecular complexity index is 205. The van der Waals surface area contributed by atoms with Crippen LogP contribution in [0.3, 0.4) is 0 Å². The number of nitrogens with two attached hydrogens (primary N) is 1. The van der Waals surface area contributed by atoms with Gasteiger partial charge < -0.3 is 4.90 Å². The highest BCUT2D eigenvalue weighted by molar-refractivity contribution is 5.81. The molecule has 0 unspecified atom stereocenters. The van der Waals surface area contributed by atoms with Gasteiger partial charge >= 0.3 is 0 Å². The lowest BCUT2D eigenvalue weighted by Gasteiger charge is -2.18. The summed E-state index contributed by atoms with van der Waals surface area (Å²) in [6, 6.07) is 0.0287. The first-order valence-corrected chi connectivity index (χ1v) is 3.90. The largest absolute Gasteiger partial charge is 0.342 e. The average Bonchev–Trinajstić information content (AvgIpc) is 2.36. The Morgan fingerprint density at radius 2 is 2.50 bits per heavy atom. The molecule has 68 valence electrons. The number of likely N-dealkylation sites (tertiary alicyclic amines) is 1. The second-order valence-electron chi connectivity index (χ2n) is 2.97. The van der Waals surface area contributed by atoms with E-state index in [2.05, 4.69) is 5.43 Å². The molecule has 1 heterocycles. The molecule has 1 fully saturated rings. The van der Waals surface area contributed by atoms with Crippen LogP contribution >= 0.6 is 0 Å². The number of hydrogen-bond donors (Lipinski definition) is 2. The van der Waals surface area contributed by atoms with Gasteiger partial charge in [-0.3, -0.25) is 15.0 Å². The average molecular weight is 171 g/mol. The maximum atomic E-state index is 11.0. The number of hydrogen-bond acceptors (Lipinski definition) is 3. The van der Waals surface area contributed by atoms with Crippen molar-refractivity contribution in [2.24, 2.45) is 5.84 Å². The lowest BCUT2D eigenvalue weighted by atomic mass is 10.1. The Kier molecular flexibility index (Phi) is 2.65. The fraction of sp³-hybridized carbons (Fsp3) is 0.714. The highest BCUT2D eigenvalue weighted by atomic mass is 16.2. The molecule has 12 heavy (non-hydrogen) atoms. The van der Waals surface area contributed by atoms with E-state index in [1.807, 2.05) is 0 Å². The summed E-state index contributed by atoms with van der Waals surface area (Å²) in [4.78, 5) is 23.5. The van der Waals surface area contributed by atoms with Gasteiger partial charge in [-0.05, 0) is 6.42 Å². The summed E-state index contributed by atoms with van der Waals surface area (Å²) in [7, 11) is 1.71. The fourth-order valence-electron chi connectivity index (χ4n) is 1.38. The molecule has 0 spiro atoms. The Balaban J connectivity index is 2.44. The molecular weight excluding hydrogens is 158 g/mol. The van der Waals surface area contributed by atoms with Crippen LogP contribution in [0.5, 0.6) is 0 Å². The molecule has 0 aromatic rings. The van der Waals surface area contributed by atoms with E-state index < -0.39 is 0 Å². The molecule has 0 aliphatic carbocycles. The normalized spacial score (nSPS) is 23.0. The maximum absolute atomic E-state index is 11.0. The molecule has 0 saturated carbocycles. The van der Waals surface area contributed by atoms with Crippen molar-refractivity contribution < 1.29 is 9.59 Å². The zero-order valence-electron chi connectivity index (χ0n) is 7.04. The van der Waals surface area contributed by atoms with Crippen molar-refractivity contribution in [2.75, 3.05) is 7.05 Å². The highest BCUT2D eigenvalue weighted by Crippen LogP contribution is 2.18. The first kappa shape index (κ1) is 8.99. The van der Waals surface area contributed by atoms with E-state index in [9.17, 15) is 9.59 Å². The lowest BCUT2D eigenvalue weighted by Crippen LogP contribution is -2.37. The van der Waals surface area contributed by atoms with E-state index >= 15 is 0 Å². The molecule has 1 atom stereocenters. The van der Waals surface area contributed by atoms with Gasteiger partial charge in [-0.2, -0.15) is 0 Å². The Morgan fingerprint density at radius 1 is 1.83 bits per heavy atom. The van der Waals surface area contributed by atoms with Crippen molar-refractivity contribution in [2.45, 2.75) is 25.3 Å². The van der Waals surface area contributed by atoms with Crippen LogP contribution in [0.15, 0.2) is 0 Å². The van der Waals surface area contributed by atoms with Crippen LogP contribution in [0.1, 0.15) is 19.3 Å². The summed E-state index contributed by atoms with van der Waals surface area (Å²) >= 11 is 0. The second kappa shape index (κ2) is 3.53. The monoisotopic (exact) mass is 171 g/mol. The van der Waals surface area contributed by atoms with Gasteiger partial charge in [0.2, 0.25) is 11.8 Å². The Labute approximate surface area is 70.9 Å². The zero-order valence-corrected chi connectivity index (χ0v) is 7.04. The molecule has 5 nitrogen and oxygen atoms in total. The van der Waals surface area contributed by atoms with Crippen LogP contribution in [-0.4, -0.2) is 29.8 Å². The van der Waals surface area contributed by atoms with Crippen molar-refractivity contribution >= 4 is 11.8 Å². The van der Waals surface area contributed by atoms with Gasteiger partial charge in [0.25, 0.3) is 0 Å². The molecule has 1 aliphatic heterocycles. The van der Waals surface area contributed by atoms with E-state index in [-0.39, 0.29) is 17.9 Å². The number of amides is 2. The molecule has 1 aliphatic rings. The van der Waals surface area contributed by atoms with Gasteiger partial charge in [0.05, 0.1) is 0 Å². The maximum Gasteiger partial charge on any atom is 0.235 e. The summed E-state index contributed by atoms with van der Waals surface area (Å²) < 4.78 is 0. The fourth-order valence-corrected chi connectivity index (χ4v) is 1.38. The highest BCUT2D eigenvalue weighted by Gasteiger charge is 2.28. The summed E-state index contributed by atoms with van der Waals surface area (Å²) in [5.74, 6) is 4.81. The third-order valence-corrected chi connectivity index (χ3v) is 2.21. The summed E-state index contributed by atoms with van der Waals surface area (Å²) in [5.41, 5.74) is 2.05. The summed E-state index contributed by atoms with van der Waals surface area (Å²) in [6.45, 7) is 0. The van der Waals surface area contributed by atoms with Gasteiger partial charge in [0.1, 0.15) is 0 Å². The van der Waals surface area contributed by atoms with Crippen LogP contribution < -0.4 is 11.3 Å². The molecule has 5 heteroatoms. The van der Waals surface area contributed by atoms with Crippen LogP contribution in [0.4, 0.5) is 0 Å². The topological polar surface area (TPSA) is 75.4 Å². The standard InChI is InChI=1S/C7H13N3O2/c1-10-5(2-3-7(10)12)4-6(11)9-8/h5H,2-4,8H2,1H3,(H,9,11)/t5-/m0/s1. The zero-order chi connectivity index (χ0) is 9.14.